The average molecular weight is 689 g/mol. The number of nitrogens with one attached hydrogen (secondary N) is 2. The first kappa shape index (κ1) is 31.1. The zero-order valence-electron chi connectivity index (χ0n) is 24.9. The van der Waals surface area contributed by atoms with Gasteiger partial charge in [0.1, 0.15) is 5.70 Å². The topological polar surface area (TPSA) is 80.2 Å². The summed E-state index contributed by atoms with van der Waals surface area (Å²) in [6, 6.07) is 39.6. The Morgan fingerprint density at radius 3 is 2.04 bits per heavy atom. The molecule has 0 aliphatic heterocycles. The lowest BCUT2D eigenvalue weighted by molar-refractivity contribution is -0.113. The number of benzene rings is 5. The highest BCUT2D eigenvalue weighted by molar-refractivity contribution is 9.10. The minimum atomic E-state index is -0.461. The van der Waals surface area contributed by atoms with Crippen LogP contribution in [-0.2, 0) is 4.79 Å². The van der Waals surface area contributed by atoms with E-state index in [1.54, 1.807) is 42.5 Å². The predicted octanol–water partition coefficient (Wildman–Crippen LogP) is 9.18. The van der Waals surface area contributed by atoms with E-state index in [4.69, 9.17) is 0 Å². The fraction of sp³-hybridized carbons (Fsp3) is 0.0789. The summed E-state index contributed by atoms with van der Waals surface area (Å²) >= 11 is 4.96. The zero-order chi connectivity index (χ0) is 32.0. The lowest BCUT2D eigenvalue weighted by atomic mass is 10.1. The van der Waals surface area contributed by atoms with Crippen LogP contribution in [0.25, 0.3) is 27.9 Å². The van der Waals surface area contributed by atoms with E-state index in [0.29, 0.717) is 17.7 Å². The Labute approximate surface area is 279 Å². The molecule has 1 aromatic heterocycles. The predicted molar refractivity (Wildman–Crippen MR) is 191 cm³/mol. The summed E-state index contributed by atoms with van der Waals surface area (Å²) in [5, 5.41) is 7.47. The number of thioether (sulfide) groups is 1. The first-order valence-electron chi connectivity index (χ1n) is 14.9. The molecule has 1 heterocycles. The molecule has 0 radical (unpaired) electrons. The van der Waals surface area contributed by atoms with Crippen molar-refractivity contribution in [1.82, 2.24) is 9.88 Å². The van der Waals surface area contributed by atoms with E-state index in [9.17, 15) is 14.4 Å². The van der Waals surface area contributed by atoms with Crippen LogP contribution in [-0.4, -0.2) is 27.5 Å². The van der Waals surface area contributed by atoms with Gasteiger partial charge in [-0.1, -0.05) is 89.6 Å². The van der Waals surface area contributed by atoms with Crippen molar-refractivity contribution in [3.63, 3.8) is 0 Å². The minimum Gasteiger partial charge on any atom is -0.321 e. The Hall–Kier alpha value is -4.92. The van der Waals surface area contributed by atoms with Gasteiger partial charge in [-0.25, -0.2) is 0 Å². The highest BCUT2D eigenvalue weighted by atomic mass is 79.9. The van der Waals surface area contributed by atoms with E-state index < -0.39 is 5.91 Å². The van der Waals surface area contributed by atoms with Crippen molar-refractivity contribution < 1.29 is 14.4 Å². The lowest BCUT2D eigenvalue weighted by Gasteiger charge is -2.16. The number of halogens is 1. The molecule has 5 aromatic carbocycles. The van der Waals surface area contributed by atoms with Gasteiger partial charge in [0.2, 0.25) is 5.91 Å². The Balaban J connectivity index is 1.20. The molecule has 46 heavy (non-hydrogen) atoms. The summed E-state index contributed by atoms with van der Waals surface area (Å²) in [4.78, 5) is 41.3. The maximum Gasteiger partial charge on any atom is 0.272 e. The molecular formula is C38H30BrN3O3S. The van der Waals surface area contributed by atoms with Gasteiger partial charge < -0.3 is 10.6 Å². The molecule has 228 valence electrons. The van der Waals surface area contributed by atoms with E-state index in [0.717, 1.165) is 36.7 Å². The molecule has 0 aliphatic rings. The van der Waals surface area contributed by atoms with E-state index in [1.807, 2.05) is 90.4 Å². The second kappa shape index (κ2) is 14.0. The van der Waals surface area contributed by atoms with Gasteiger partial charge in [0.05, 0.1) is 16.3 Å². The summed E-state index contributed by atoms with van der Waals surface area (Å²) in [5.41, 5.74) is 3.66. The molecule has 8 heteroatoms. The van der Waals surface area contributed by atoms with Crippen LogP contribution in [0.3, 0.4) is 0 Å². The Bertz CT molecular complexity index is 2030. The third-order valence-electron chi connectivity index (χ3n) is 7.53. The summed E-state index contributed by atoms with van der Waals surface area (Å²) in [6.45, 7) is 2.01. The molecule has 0 bridgehead atoms. The number of amides is 2. The number of para-hydroxylation sites is 2. The second-order valence-electron chi connectivity index (χ2n) is 10.6. The SMILES string of the molecule is CCC(Sc1ccc(NC(=O)/C(=C/c2cccc(Br)c2)NC(=O)c2ccccc2)cc1)C(=O)n1c2ccccc2c2ccccc21. The summed E-state index contributed by atoms with van der Waals surface area (Å²) in [7, 11) is 0. The summed E-state index contributed by atoms with van der Waals surface area (Å²) in [5.74, 6) is -0.821. The molecule has 1 atom stereocenters. The van der Waals surface area contributed by atoms with Crippen molar-refractivity contribution in [2.75, 3.05) is 5.32 Å². The van der Waals surface area contributed by atoms with Crippen molar-refractivity contribution in [2.45, 2.75) is 23.5 Å². The van der Waals surface area contributed by atoms with Crippen molar-refractivity contribution >= 4 is 79.0 Å². The van der Waals surface area contributed by atoms with Crippen LogP contribution in [0.2, 0.25) is 0 Å². The Kier molecular flexibility index (Phi) is 9.47. The number of carbonyl (C=O) groups excluding carboxylic acids is 3. The molecule has 1 unspecified atom stereocenters. The van der Waals surface area contributed by atoms with Gasteiger partial charge in [-0.15, -0.1) is 11.8 Å². The van der Waals surface area contributed by atoms with Crippen molar-refractivity contribution in [1.29, 1.82) is 0 Å². The first-order chi connectivity index (χ1) is 22.4. The van der Waals surface area contributed by atoms with Crippen LogP contribution in [0.5, 0.6) is 0 Å². The van der Waals surface area contributed by atoms with Gasteiger partial charge in [0.15, 0.2) is 0 Å². The fourth-order valence-corrected chi connectivity index (χ4v) is 6.71. The fourth-order valence-electron chi connectivity index (χ4n) is 5.30. The number of anilines is 1. The summed E-state index contributed by atoms with van der Waals surface area (Å²) in [6.07, 6.45) is 2.28. The molecule has 2 amide bonds. The van der Waals surface area contributed by atoms with Crippen LogP contribution < -0.4 is 10.6 Å². The number of hydrogen-bond acceptors (Lipinski definition) is 4. The second-order valence-corrected chi connectivity index (χ2v) is 12.8. The highest BCUT2D eigenvalue weighted by Crippen LogP contribution is 2.33. The summed E-state index contributed by atoms with van der Waals surface area (Å²) < 4.78 is 2.69. The average Bonchev–Trinajstić information content (AvgIpc) is 3.42. The number of carbonyl (C=O) groups is 3. The van der Waals surface area contributed by atoms with Gasteiger partial charge in [-0.05, 0) is 78.7 Å². The molecule has 2 N–H and O–H groups in total. The van der Waals surface area contributed by atoms with Crippen LogP contribution >= 0.6 is 27.7 Å². The van der Waals surface area contributed by atoms with Crippen LogP contribution in [0.4, 0.5) is 5.69 Å². The zero-order valence-corrected chi connectivity index (χ0v) is 27.3. The molecule has 0 fully saturated rings. The van der Waals surface area contributed by atoms with Gasteiger partial charge in [0, 0.05) is 31.4 Å². The largest absolute Gasteiger partial charge is 0.321 e. The van der Waals surface area contributed by atoms with Crippen molar-refractivity contribution in [2.24, 2.45) is 0 Å². The van der Waals surface area contributed by atoms with Crippen LogP contribution in [0.1, 0.15) is 34.1 Å². The number of fused-ring (bicyclic) bond motifs is 3. The Morgan fingerprint density at radius 1 is 0.783 bits per heavy atom. The van der Waals surface area contributed by atoms with E-state index in [1.165, 1.54) is 11.8 Å². The molecule has 0 saturated carbocycles. The monoisotopic (exact) mass is 687 g/mol. The van der Waals surface area contributed by atoms with Gasteiger partial charge in [0.25, 0.3) is 11.8 Å². The smallest absolute Gasteiger partial charge is 0.272 e. The quantitative estimate of drug-likeness (QED) is 0.117. The standard InChI is InChI=1S/C38H30BrN3O3S/c1-2-35(38(45)42-33-17-8-6-15-30(33)31-16-7-9-18-34(31)42)46-29-21-19-28(20-22-29)40-37(44)32(24-25-11-10-14-27(39)23-25)41-36(43)26-12-4-3-5-13-26/h3-24,35H,2H2,1H3,(H,40,44)(H,41,43)/b32-24-. The third kappa shape index (κ3) is 6.83. The maximum absolute atomic E-state index is 14.0. The number of hydrogen-bond donors (Lipinski definition) is 2. The molecule has 0 aliphatic carbocycles. The molecule has 6 aromatic rings. The number of aromatic nitrogens is 1. The third-order valence-corrected chi connectivity index (χ3v) is 9.38. The van der Waals surface area contributed by atoms with Crippen molar-refractivity contribution in [3.05, 3.63) is 149 Å². The number of nitrogens with zero attached hydrogens (tertiary/aromatic N) is 1. The molecule has 0 saturated heterocycles. The normalized spacial score (nSPS) is 12.2. The molecule has 6 rings (SSSR count). The van der Waals surface area contributed by atoms with Crippen LogP contribution in [0, 0.1) is 0 Å². The van der Waals surface area contributed by atoms with Gasteiger partial charge >= 0.3 is 0 Å². The minimum absolute atomic E-state index is 0.0266. The first-order valence-corrected chi connectivity index (χ1v) is 16.5. The molecule has 6 nitrogen and oxygen atoms in total. The maximum atomic E-state index is 14.0. The molecule has 0 spiro atoms. The number of rotatable bonds is 9. The Morgan fingerprint density at radius 2 is 1.41 bits per heavy atom. The van der Waals surface area contributed by atoms with Crippen molar-refractivity contribution in [3.8, 4) is 0 Å². The van der Waals surface area contributed by atoms with Gasteiger partial charge in [-0.3, -0.25) is 19.0 Å². The van der Waals surface area contributed by atoms with E-state index in [2.05, 4.69) is 38.7 Å². The van der Waals surface area contributed by atoms with E-state index >= 15 is 0 Å². The lowest BCUT2D eigenvalue weighted by Crippen LogP contribution is -2.30. The van der Waals surface area contributed by atoms with Crippen LogP contribution in [0.15, 0.2) is 142 Å². The van der Waals surface area contributed by atoms with E-state index in [-0.39, 0.29) is 22.8 Å². The molecular weight excluding hydrogens is 658 g/mol. The van der Waals surface area contributed by atoms with Gasteiger partial charge in [-0.2, -0.15) is 0 Å². The highest BCUT2D eigenvalue weighted by Gasteiger charge is 2.24.